The summed E-state index contributed by atoms with van der Waals surface area (Å²) in [5, 5.41) is 2.63. The summed E-state index contributed by atoms with van der Waals surface area (Å²) in [6, 6.07) is 17.5. The van der Waals surface area contributed by atoms with Crippen molar-refractivity contribution in [2.45, 2.75) is 32.2 Å². The number of benzene rings is 2. The quantitative estimate of drug-likeness (QED) is 0.775. The monoisotopic (exact) mass is 370 g/mol. The Labute approximate surface area is 160 Å². The Morgan fingerprint density at radius 3 is 2.42 bits per heavy atom. The highest BCUT2D eigenvalue weighted by Gasteiger charge is 2.25. The zero-order chi connectivity index (χ0) is 18.9. The van der Waals surface area contributed by atoms with Gasteiger partial charge in [0, 0.05) is 19.3 Å². The number of nitrogens with one attached hydrogen (secondary N) is 1. The molecule has 0 unspecified atom stereocenters. The van der Waals surface area contributed by atoms with E-state index in [9.17, 15) is 9.59 Å². The van der Waals surface area contributed by atoms with Crippen molar-refractivity contribution in [3.8, 4) is 0 Å². The third kappa shape index (κ3) is 5.92. The molecule has 0 saturated heterocycles. The number of hydrogen-bond donors (Lipinski definition) is 1. The van der Waals surface area contributed by atoms with E-state index in [-0.39, 0.29) is 11.8 Å². The van der Waals surface area contributed by atoms with Gasteiger partial charge in [0.05, 0.1) is 5.75 Å². The second-order valence-corrected chi connectivity index (χ2v) is 7.26. The number of amides is 2. The molecule has 0 saturated carbocycles. The van der Waals surface area contributed by atoms with Crippen LogP contribution in [-0.2, 0) is 21.9 Å². The van der Waals surface area contributed by atoms with Gasteiger partial charge in [0.1, 0.15) is 6.04 Å². The number of thioether (sulfide) groups is 1. The third-order valence-electron chi connectivity index (χ3n) is 4.19. The molecular formula is C21H26N2O2S. The van der Waals surface area contributed by atoms with Crippen LogP contribution in [0.15, 0.2) is 54.6 Å². The number of likely N-dealkylation sites (N-methyl/N-ethyl adjacent to an activating group) is 1. The van der Waals surface area contributed by atoms with Gasteiger partial charge in [-0.25, -0.2) is 0 Å². The first kappa shape index (κ1) is 20.0. The van der Waals surface area contributed by atoms with Gasteiger partial charge >= 0.3 is 0 Å². The molecule has 138 valence electrons. The highest BCUT2D eigenvalue weighted by Crippen LogP contribution is 2.16. The van der Waals surface area contributed by atoms with Crippen LogP contribution in [0.25, 0.3) is 0 Å². The lowest BCUT2D eigenvalue weighted by atomic mass is 10.1. The maximum absolute atomic E-state index is 12.8. The van der Waals surface area contributed by atoms with Crippen LogP contribution in [0.1, 0.15) is 23.6 Å². The van der Waals surface area contributed by atoms with Crippen molar-refractivity contribution < 1.29 is 9.59 Å². The summed E-state index contributed by atoms with van der Waals surface area (Å²) in [5.74, 6) is 0.948. The molecule has 2 aromatic carbocycles. The van der Waals surface area contributed by atoms with Crippen LogP contribution < -0.4 is 5.32 Å². The van der Waals surface area contributed by atoms with Gasteiger partial charge in [0.15, 0.2) is 0 Å². The van der Waals surface area contributed by atoms with Gasteiger partial charge < -0.3 is 10.2 Å². The first-order chi connectivity index (χ1) is 12.5. The minimum atomic E-state index is -0.507. The van der Waals surface area contributed by atoms with Crippen molar-refractivity contribution in [1.29, 1.82) is 0 Å². The molecule has 0 radical (unpaired) electrons. The lowest BCUT2D eigenvalue weighted by Crippen LogP contribution is -2.47. The Bertz CT molecular complexity index is 734. The van der Waals surface area contributed by atoms with E-state index >= 15 is 0 Å². The second-order valence-electron chi connectivity index (χ2n) is 6.28. The molecule has 5 heteroatoms. The fraction of sp³-hybridized carbons (Fsp3) is 0.333. The number of carbonyl (C=O) groups excluding carboxylic acids is 2. The molecule has 0 aliphatic carbocycles. The lowest BCUT2D eigenvalue weighted by Gasteiger charge is -2.28. The molecular weight excluding hydrogens is 344 g/mol. The van der Waals surface area contributed by atoms with E-state index < -0.39 is 6.04 Å². The van der Waals surface area contributed by atoms with Gasteiger partial charge in [-0.3, -0.25) is 9.59 Å². The summed E-state index contributed by atoms with van der Waals surface area (Å²) in [6.45, 7) is 4.26. The zero-order valence-electron chi connectivity index (χ0n) is 15.6. The second kappa shape index (κ2) is 10.0. The van der Waals surface area contributed by atoms with Gasteiger partial charge in [0.2, 0.25) is 11.8 Å². The first-order valence-electron chi connectivity index (χ1n) is 8.69. The van der Waals surface area contributed by atoms with Gasteiger partial charge in [-0.1, -0.05) is 60.2 Å². The molecule has 1 N–H and O–H groups in total. The van der Waals surface area contributed by atoms with E-state index in [1.165, 1.54) is 11.1 Å². The SMILES string of the molecule is CNC(=O)[C@@H](C)N(Cc1ccccc1)C(=O)CSCc1cccc(C)c1. The first-order valence-corrected chi connectivity index (χ1v) is 9.85. The number of rotatable bonds is 8. The van der Waals surface area contributed by atoms with Gasteiger partial charge in [-0.15, -0.1) is 11.8 Å². The van der Waals surface area contributed by atoms with Crippen molar-refractivity contribution in [1.82, 2.24) is 10.2 Å². The average molecular weight is 371 g/mol. The average Bonchev–Trinajstić information content (AvgIpc) is 2.65. The summed E-state index contributed by atoms with van der Waals surface area (Å²) < 4.78 is 0. The van der Waals surface area contributed by atoms with Gasteiger partial charge in [-0.2, -0.15) is 0 Å². The summed E-state index contributed by atoms with van der Waals surface area (Å²) in [4.78, 5) is 26.5. The third-order valence-corrected chi connectivity index (χ3v) is 5.17. The maximum atomic E-state index is 12.8. The van der Waals surface area contributed by atoms with Gasteiger partial charge in [-0.05, 0) is 25.0 Å². The smallest absolute Gasteiger partial charge is 0.242 e. The molecule has 0 bridgehead atoms. The van der Waals surface area contributed by atoms with Gasteiger partial charge in [0.25, 0.3) is 0 Å². The van der Waals surface area contributed by atoms with Crippen LogP contribution in [0.5, 0.6) is 0 Å². The maximum Gasteiger partial charge on any atom is 0.242 e. The fourth-order valence-corrected chi connectivity index (χ4v) is 3.57. The standard InChI is InChI=1S/C21H26N2O2S/c1-16-8-7-11-19(12-16)14-26-15-20(24)23(17(2)21(25)22-3)13-18-9-5-4-6-10-18/h4-12,17H,13-15H2,1-3H3,(H,22,25)/t17-/m1/s1. The summed E-state index contributed by atoms with van der Waals surface area (Å²) in [5.41, 5.74) is 3.44. The molecule has 2 amide bonds. The Morgan fingerprint density at radius 2 is 1.77 bits per heavy atom. The van der Waals surface area contributed by atoms with Crippen LogP contribution in [0.2, 0.25) is 0 Å². The van der Waals surface area contributed by atoms with E-state index in [0.29, 0.717) is 12.3 Å². The molecule has 1 atom stereocenters. The minimum Gasteiger partial charge on any atom is -0.357 e. The Hall–Kier alpha value is -2.27. The van der Waals surface area contributed by atoms with Crippen LogP contribution >= 0.6 is 11.8 Å². The molecule has 0 spiro atoms. The van der Waals surface area contributed by atoms with Crippen molar-refractivity contribution >= 4 is 23.6 Å². The molecule has 2 rings (SSSR count). The number of aryl methyl sites for hydroxylation is 1. The summed E-state index contributed by atoms with van der Waals surface area (Å²) in [6.07, 6.45) is 0. The van der Waals surface area contributed by atoms with Crippen LogP contribution in [0.4, 0.5) is 0 Å². The largest absolute Gasteiger partial charge is 0.357 e. The molecule has 0 aliphatic rings. The minimum absolute atomic E-state index is 0.0254. The molecule has 0 aliphatic heterocycles. The molecule has 4 nitrogen and oxygen atoms in total. The normalized spacial score (nSPS) is 11.7. The molecule has 0 fully saturated rings. The lowest BCUT2D eigenvalue weighted by molar-refractivity contribution is -0.138. The van der Waals surface area contributed by atoms with Crippen LogP contribution in [0, 0.1) is 6.92 Å². The van der Waals surface area contributed by atoms with E-state index in [1.54, 1.807) is 30.6 Å². The van der Waals surface area contributed by atoms with Crippen molar-refractivity contribution in [3.63, 3.8) is 0 Å². The molecule has 0 heterocycles. The van der Waals surface area contributed by atoms with E-state index in [0.717, 1.165) is 11.3 Å². The van der Waals surface area contributed by atoms with Crippen molar-refractivity contribution in [2.75, 3.05) is 12.8 Å². The summed E-state index contributed by atoms with van der Waals surface area (Å²) in [7, 11) is 1.59. The van der Waals surface area contributed by atoms with Crippen molar-refractivity contribution in [3.05, 3.63) is 71.3 Å². The van der Waals surface area contributed by atoms with E-state index in [4.69, 9.17) is 0 Å². The number of hydrogen-bond acceptors (Lipinski definition) is 3. The van der Waals surface area contributed by atoms with E-state index in [2.05, 4.69) is 30.4 Å². The number of nitrogens with zero attached hydrogens (tertiary/aromatic N) is 1. The topological polar surface area (TPSA) is 49.4 Å². The predicted octanol–water partition coefficient (Wildman–Crippen LogP) is 3.39. The molecule has 26 heavy (non-hydrogen) atoms. The van der Waals surface area contributed by atoms with Crippen LogP contribution in [-0.4, -0.2) is 35.6 Å². The highest BCUT2D eigenvalue weighted by molar-refractivity contribution is 7.99. The molecule has 0 aromatic heterocycles. The van der Waals surface area contributed by atoms with E-state index in [1.807, 2.05) is 36.4 Å². The number of carbonyl (C=O) groups is 2. The Kier molecular flexibility index (Phi) is 7.73. The Morgan fingerprint density at radius 1 is 1.08 bits per heavy atom. The van der Waals surface area contributed by atoms with Crippen LogP contribution in [0.3, 0.4) is 0 Å². The molecule has 2 aromatic rings. The summed E-state index contributed by atoms with van der Waals surface area (Å²) >= 11 is 1.58. The Balaban J connectivity index is 2.01. The van der Waals surface area contributed by atoms with Crippen molar-refractivity contribution in [2.24, 2.45) is 0 Å². The zero-order valence-corrected chi connectivity index (χ0v) is 16.4. The predicted molar refractivity (Wildman–Crippen MR) is 108 cm³/mol. The fourth-order valence-electron chi connectivity index (χ4n) is 2.71. The highest BCUT2D eigenvalue weighted by atomic mass is 32.2.